The smallest absolute Gasteiger partial charge is 0.167 e. The number of imidazole rings is 1. The van der Waals surface area contributed by atoms with E-state index in [1.54, 1.807) is 4.57 Å². The Balaban J connectivity index is 1.79. The molecular weight excluding hydrogens is 344 g/mol. The molecular formula is C15H23N6O3S+. The fraction of sp³-hybridized carbons (Fsp3) is 0.533. The molecule has 9 nitrogen and oxygen atoms in total. The lowest BCUT2D eigenvalue weighted by Crippen LogP contribution is -2.35. The molecule has 3 heterocycles. The van der Waals surface area contributed by atoms with Crippen LogP contribution < -0.4 is 11.5 Å². The van der Waals surface area contributed by atoms with Crippen molar-refractivity contribution in [3.8, 4) is 0 Å². The van der Waals surface area contributed by atoms with Crippen LogP contribution in [0, 0.1) is 0 Å². The summed E-state index contributed by atoms with van der Waals surface area (Å²) in [7, 11) is -0.132. The van der Waals surface area contributed by atoms with Crippen molar-refractivity contribution in [2.75, 3.05) is 23.8 Å². The van der Waals surface area contributed by atoms with Gasteiger partial charge in [0.05, 0.1) is 6.33 Å². The molecule has 0 radical (unpaired) electrons. The first-order valence-electron chi connectivity index (χ1n) is 8.00. The summed E-state index contributed by atoms with van der Waals surface area (Å²) in [5.41, 5.74) is 12.2. The van der Waals surface area contributed by atoms with Crippen LogP contribution in [0.15, 0.2) is 24.6 Å². The lowest BCUT2D eigenvalue weighted by atomic mass is 10.1. The summed E-state index contributed by atoms with van der Waals surface area (Å²) in [6.45, 7) is 4.46. The van der Waals surface area contributed by atoms with Gasteiger partial charge in [0.25, 0.3) is 0 Å². The second kappa shape index (κ2) is 7.67. The molecule has 1 saturated heterocycles. The molecule has 0 amide bonds. The summed E-state index contributed by atoms with van der Waals surface area (Å²) < 4.78 is 7.52. The van der Waals surface area contributed by atoms with Crippen LogP contribution in [0.5, 0.6) is 0 Å². The molecule has 136 valence electrons. The molecule has 2 aromatic rings. The highest BCUT2D eigenvalue weighted by atomic mass is 32.2. The third-order valence-corrected chi connectivity index (χ3v) is 6.26. The number of fused-ring (bicyclic) bond motifs is 1. The SMILES string of the molecule is C=C[S+](CCCN)C[C@H]1O[C@@H](n2cnc3c(N)ncnc32)C(O)[C@H]1O. The van der Waals surface area contributed by atoms with Crippen LogP contribution in [0.2, 0.25) is 0 Å². The Morgan fingerprint density at radius 3 is 2.84 bits per heavy atom. The van der Waals surface area contributed by atoms with Gasteiger partial charge in [0, 0.05) is 17.3 Å². The number of nitrogen functional groups attached to an aromatic ring is 1. The van der Waals surface area contributed by atoms with Gasteiger partial charge in [0.2, 0.25) is 0 Å². The van der Waals surface area contributed by atoms with E-state index in [2.05, 4.69) is 21.5 Å². The average molecular weight is 367 g/mol. The molecule has 0 aliphatic carbocycles. The fourth-order valence-corrected chi connectivity index (χ4v) is 4.57. The summed E-state index contributed by atoms with van der Waals surface area (Å²) in [6, 6.07) is 0. The molecule has 2 unspecified atom stereocenters. The second-order valence-corrected chi connectivity index (χ2v) is 8.00. The Kier molecular flexibility index (Phi) is 5.54. The quantitative estimate of drug-likeness (QED) is 0.462. The van der Waals surface area contributed by atoms with Crippen molar-refractivity contribution in [1.29, 1.82) is 0 Å². The molecule has 10 heteroatoms. The van der Waals surface area contributed by atoms with Gasteiger partial charge in [-0.3, -0.25) is 4.57 Å². The summed E-state index contributed by atoms with van der Waals surface area (Å²) in [4.78, 5) is 12.2. The number of nitrogens with zero attached hydrogens (tertiary/aromatic N) is 4. The number of aliphatic hydroxyl groups is 2. The topological polar surface area (TPSA) is 145 Å². The number of aliphatic hydroxyl groups excluding tert-OH is 2. The zero-order valence-electron chi connectivity index (χ0n) is 13.7. The van der Waals surface area contributed by atoms with Crippen LogP contribution in [-0.4, -0.2) is 66.1 Å². The molecule has 0 bridgehead atoms. The van der Waals surface area contributed by atoms with Crippen LogP contribution in [0.1, 0.15) is 12.6 Å². The van der Waals surface area contributed by atoms with Crippen LogP contribution in [-0.2, 0) is 15.6 Å². The monoisotopic (exact) mass is 367 g/mol. The number of rotatable bonds is 7. The summed E-state index contributed by atoms with van der Waals surface area (Å²) in [6.07, 6.45) is 0.303. The molecule has 25 heavy (non-hydrogen) atoms. The first kappa shape index (κ1) is 18.1. The molecule has 3 rings (SSSR count). The third kappa shape index (κ3) is 3.48. The molecule has 1 aliphatic rings. The summed E-state index contributed by atoms with van der Waals surface area (Å²) in [5, 5.41) is 22.7. The minimum absolute atomic E-state index is 0.132. The predicted molar refractivity (Wildman–Crippen MR) is 96.6 cm³/mol. The molecule has 0 saturated carbocycles. The summed E-state index contributed by atoms with van der Waals surface area (Å²) in [5.74, 6) is 1.73. The first-order valence-corrected chi connectivity index (χ1v) is 9.63. The van der Waals surface area contributed by atoms with E-state index in [1.807, 2.05) is 5.41 Å². The minimum atomic E-state index is -1.09. The Morgan fingerprint density at radius 2 is 2.12 bits per heavy atom. The van der Waals surface area contributed by atoms with Crippen LogP contribution in [0.25, 0.3) is 11.2 Å². The van der Waals surface area contributed by atoms with Crippen LogP contribution in [0.3, 0.4) is 0 Å². The van der Waals surface area contributed by atoms with E-state index in [0.717, 1.165) is 12.2 Å². The predicted octanol–water partition coefficient (Wildman–Crippen LogP) is -0.862. The maximum Gasteiger partial charge on any atom is 0.167 e. The van der Waals surface area contributed by atoms with Gasteiger partial charge in [0.1, 0.15) is 47.1 Å². The maximum absolute atomic E-state index is 10.4. The van der Waals surface area contributed by atoms with Crippen LogP contribution in [0.4, 0.5) is 5.82 Å². The fourth-order valence-electron chi connectivity index (χ4n) is 2.87. The largest absolute Gasteiger partial charge is 0.387 e. The number of ether oxygens (including phenoxy) is 1. The standard InChI is InChI=1S/C15H23N6O3S/c1-2-25(5-3-4-16)6-9-11(22)12(23)15(24-9)21-8-20-10-13(17)18-7-19-14(10)21/h2,7-9,11-12,15,22-23H,1,3-6,16H2,(H2,17,18,19)/q+1/t9-,11+,12?,15-,25?/m1/s1. The maximum atomic E-state index is 10.4. The van der Waals surface area contributed by atoms with E-state index in [4.69, 9.17) is 16.2 Å². The van der Waals surface area contributed by atoms with Gasteiger partial charge in [0.15, 0.2) is 17.7 Å². The molecule has 6 N–H and O–H groups in total. The minimum Gasteiger partial charge on any atom is -0.387 e. The van der Waals surface area contributed by atoms with E-state index >= 15 is 0 Å². The van der Waals surface area contributed by atoms with E-state index in [0.29, 0.717) is 23.5 Å². The van der Waals surface area contributed by atoms with Crippen molar-refractivity contribution >= 4 is 27.9 Å². The van der Waals surface area contributed by atoms with Gasteiger partial charge in [-0.25, -0.2) is 15.0 Å². The lowest BCUT2D eigenvalue weighted by Gasteiger charge is -2.16. The number of aromatic nitrogens is 4. The Labute approximate surface area is 148 Å². The highest BCUT2D eigenvalue weighted by Crippen LogP contribution is 2.32. The zero-order valence-corrected chi connectivity index (χ0v) is 14.5. The van der Waals surface area contributed by atoms with E-state index < -0.39 is 24.5 Å². The normalized spacial score (nSPS) is 27.6. The average Bonchev–Trinajstić information content (AvgIpc) is 3.15. The van der Waals surface area contributed by atoms with Gasteiger partial charge >= 0.3 is 0 Å². The number of hydrogen-bond acceptors (Lipinski definition) is 8. The van der Waals surface area contributed by atoms with Crippen molar-refractivity contribution in [3.05, 3.63) is 24.6 Å². The van der Waals surface area contributed by atoms with Gasteiger partial charge in [-0.15, -0.1) is 0 Å². The molecule has 5 atom stereocenters. The van der Waals surface area contributed by atoms with E-state index in [-0.39, 0.29) is 16.7 Å². The van der Waals surface area contributed by atoms with Gasteiger partial charge < -0.3 is 26.4 Å². The van der Waals surface area contributed by atoms with E-state index in [9.17, 15) is 10.2 Å². The number of hydrogen-bond donors (Lipinski definition) is 4. The third-order valence-electron chi connectivity index (χ3n) is 4.22. The molecule has 1 fully saturated rings. The van der Waals surface area contributed by atoms with Crippen molar-refractivity contribution in [1.82, 2.24) is 19.5 Å². The zero-order chi connectivity index (χ0) is 18.0. The molecule has 0 spiro atoms. The summed E-state index contributed by atoms with van der Waals surface area (Å²) >= 11 is 0. The van der Waals surface area contributed by atoms with Crippen molar-refractivity contribution in [3.63, 3.8) is 0 Å². The molecule has 2 aromatic heterocycles. The van der Waals surface area contributed by atoms with Crippen molar-refractivity contribution in [2.45, 2.75) is 31.0 Å². The highest BCUT2D eigenvalue weighted by molar-refractivity contribution is 7.99. The van der Waals surface area contributed by atoms with Gasteiger partial charge in [-0.2, -0.15) is 0 Å². The Hall–Kier alpha value is -1.72. The lowest BCUT2D eigenvalue weighted by molar-refractivity contribution is -0.0289. The van der Waals surface area contributed by atoms with Crippen LogP contribution >= 0.6 is 0 Å². The molecule has 0 aromatic carbocycles. The van der Waals surface area contributed by atoms with Crippen molar-refractivity contribution in [2.24, 2.45) is 5.73 Å². The number of nitrogens with two attached hydrogens (primary N) is 2. The van der Waals surface area contributed by atoms with E-state index in [1.165, 1.54) is 12.7 Å². The Bertz CT molecular complexity index is 741. The van der Waals surface area contributed by atoms with Gasteiger partial charge in [-0.05, 0) is 6.54 Å². The highest BCUT2D eigenvalue weighted by Gasteiger charge is 2.46. The van der Waals surface area contributed by atoms with Gasteiger partial charge in [-0.1, -0.05) is 6.58 Å². The molecule has 1 aliphatic heterocycles. The second-order valence-electron chi connectivity index (χ2n) is 5.85. The Morgan fingerprint density at radius 1 is 1.32 bits per heavy atom. The van der Waals surface area contributed by atoms with Crippen molar-refractivity contribution < 1.29 is 14.9 Å². The first-order chi connectivity index (χ1) is 12.1. The number of anilines is 1.